The van der Waals surface area contributed by atoms with Gasteiger partial charge in [-0.3, -0.25) is 0 Å². The van der Waals surface area contributed by atoms with Crippen molar-refractivity contribution in [3.8, 4) is 0 Å². The molecule has 5 nitrogen and oxygen atoms in total. The lowest BCUT2D eigenvalue weighted by Gasteiger charge is -1.97. The summed E-state index contributed by atoms with van der Waals surface area (Å²) in [6.45, 7) is 3.86. The van der Waals surface area contributed by atoms with Crippen molar-refractivity contribution in [1.82, 2.24) is 19.6 Å². The first-order valence-corrected chi connectivity index (χ1v) is 4.09. The van der Waals surface area contributed by atoms with Gasteiger partial charge in [-0.2, -0.15) is 9.50 Å². The summed E-state index contributed by atoms with van der Waals surface area (Å²) in [6.07, 6.45) is 0. The van der Waals surface area contributed by atoms with E-state index in [0.717, 1.165) is 17.2 Å². The molecule has 0 unspecified atom stereocenters. The van der Waals surface area contributed by atoms with E-state index in [2.05, 4.69) is 20.4 Å². The fourth-order valence-electron chi connectivity index (χ4n) is 1.28. The monoisotopic (exact) mass is 177 g/mol. The molecule has 0 aliphatic carbocycles. The zero-order valence-electron chi connectivity index (χ0n) is 7.87. The molecule has 0 amide bonds. The van der Waals surface area contributed by atoms with E-state index in [1.807, 2.05) is 19.9 Å². The van der Waals surface area contributed by atoms with E-state index in [1.54, 1.807) is 11.6 Å². The molecule has 0 saturated carbocycles. The number of rotatable bonds is 1. The van der Waals surface area contributed by atoms with Crippen LogP contribution >= 0.6 is 0 Å². The van der Waals surface area contributed by atoms with Gasteiger partial charge in [0, 0.05) is 18.8 Å². The van der Waals surface area contributed by atoms with Crippen molar-refractivity contribution in [2.75, 3.05) is 12.4 Å². The summed E-state index contributed by atoms with van der Waals surface area (Å²) in [5, 5.41) is 7.10. The molecule has 0 radical (unpaired) electrons. The van der Waals surface area contributed by atoms with Crippen LogP contribution in [0.3, 0.4) is 0 Å². The van der Waals surface area contributed by atoms with Crippen molar-refractivity contribution in [1.29, 1.82) is 0 Å². The van der Waals surface area contributed by atoms with Crippen LogP contribution in [0.25, 0.3) is 5.65 Å². The predicted molar refractivity (Wildman–Crippen MR) is 49.8 cm³/mol. The second-order valence-corrected chi connectivity index (χ2v) is 2.90. The molecule has 0 atom stereocenters. The van der Waals surface area contributed by atoms with Gasteiger partial charge in [-0.1, -0.05) is 0 Å². The largest absolute Gasteiger partial charge is 0.356 e. The average molecular weight is 177 g/mol. The van der Waals surface area contributed by atoms with Gasteiger partial charge in [0.2, 0.25) is 5.95 Å². The van der Waals surface area contributed by atoms with Gasteiger partial charge < -0.3 is 5.32 Å². The van der Waals surface area contributed by atoms with Crippen LogP contribution in [0.15, 0.2) is 6.07 Å². The molecular weight excluding hydrogens is 166 g/mol. The molecular formula is C8H11N5. The molecule has 0 saturated heterocycles. The standard InChI is InChI=1S/C8H11N5/c1-5-4-7-11-8(9-3)12-13(7)6(2)10-5/h4H,1-3H3,(H,9,12). The predicted octanol–water partition coefficient (Wildman–Crippen LogP) is 0.783. The van der Waals surface area contributed by atoms with E-state index in [1.165, 1.54) is 0 Å². The molecule has 1 N–H and O–H groups in total. The van der Waals surface area contributed by atoms with Gasteiger partial charge in [0.1, 0.15) is 5.82 Å². The maximum Gasteiger partial charge on any atom is 0.242 e. The summed E-state index contributed by atoms with van der Waals surface area (Å²) in [7, 11) is 1.80. The summed E-state index contributed by atoms with van der Waals surface area (Å²) in [5.74, 6) is 1.47. The molecule has 0 spiro atoms. The Bertz CT molecular complexity index is 445. The lowest BCUT2D eigenvalue weighted by atomic mass is 10.4. The van der Waals surface area contributed by atoms with E-state index < -0.39 is 0 Å². The van der Waals surface area contributed by atoms with E-state index in [4.69, 9.17) is 0 Å². The third-order valence-corrected chi connectivity index (χ3v) is 1.84. The zero-order chi connectivity index (χ0) is 9.42. The summed E-state index contributed by atoms with van der Waals surface area (Å²) < 4.78 is 1.72. The van der Waals surface area contributed by atoms with E-state index in [-0.39, 0.29) is 0 Å². The maximum absolute atomic E-state index is 4.28. The second-order valence-electron chi connectivity index (χ2n) is 2.90. The van der Waals surface area contributed by atoms with Gasteiger partial charge in [0.15, 0.2) is 5.65 Å². The molecule has 0 fully saturated rings. The maximum atomic E-state index is 4.28. The van der Waals surface area contributed by atoms with Gasteiger partial charge in [0.05, 0.1) is 0 Å². The van der Waals surface area contributed by atoms with Crippen LogP contribution < -0.4 is 5.32 Å². The molecule has 0 aliphatic heterocycles. The highest BCUT2D eigenvalue weighted by molar-refractivity contribution is 5.44. The summed E-state index contributed by atoms with van der Waals surface area (Å²) >= 11 is 0. The smallest absolute Gasteiger partial charge is 0.242 e. The highest BCUT2D eigenvalue weighted by Gasteiger charge is 2.04. The van der Waals surface area contributed by atoms with E-state index >= 15 is 0 Å². The summed E-state index contributed by atoms with van der Waals surface area (Å²) in [6, 6.07) is 1.90. The molecule has 5 heteroatoms. The SMILES string of the molecule is CNc1nc2cc(C)nc(C)n2n1. The summed E-state index contributed by atoms with van der Waals surface area (Å²) in [5.41, 5.74) is 1.79. The number of nitrogens with one attached hydrogen (secondary N) is 1. The van der Waals surface area contributed by atoms with Crippen LogP contribution in [-0.2, 0) is 0 Å². The minimum absolute atomic E-state index is 0.621. The Balaban J connectivity index is 2.75. The van der Waals surface area contributed by atoms with Gasteiger partial charge in [0.25, 0.3) is 0 Å². The van der Waals surface area contributed by atoms with Crippen LogP contribution in [0.5, 0.6) is 0 Å². The van der Waals surface area contributed by atoms with E-state index in [0.29, 0.717) is 5.95 Å². The lowest BCUT2D eigenvalue weighted by molar-refractivity contribution is 0.854. The first-order chi connectivity index (χ1) is 6.20. The molecule has 2 rings (SSSR count). The van der Waals surface area contributed by atoms with Gasteiger partial charge in [-0.05, 0) is 13.8 Å². The topological polar surface area (TPSA) is 55.1 Å². The molecule has 68 valence electrons. The van der Waals surface area contributed by atoms with Crippen molar-refractivity contribution in [2.24, 2.45) is 0 Å². The fraction of sp³-hybridized carbons (Fsp3) is 0.375. The molecule has 0 aromatic carbocycles. The Morgan fingerprint density at radius 3 is 2.77 bits per heavy atom. The highest BCUT2D eigenvalue weighted by atomic mass is 15.4. The van der Waals surface area contributed by atoms with Crippen LogP contribution in [0.1, 0.15) is 11.5 Å². The third-order valence-electron chi connectivity index (χ3n) is 1.84. The third kappa shape index (κ3) is 1.22. The fourth-order valence-corrected chi connectivity index (χ4v) is 1.28. The van der Waals surface area contributed by atoms with Crippen LogP contribution in [0.4, 0.5) is 5.95 Å². The van der Waals surface area contributed by atoms with Crippen molar-refractivity contribution >= 4 is 11.6 Å². The van der Waals surface area contributed by atoms with Crippen molar-refractivity contribution in [2.45, 2.75) is 13.8 Å². The second kappa shape index (κ2) is 2.69. The normalized spacial score (nSPS) is 10.7. The number of nitrogens with zero attached hydrogens (tertiary/aromatic N) is 4. The Labute approximate surface area is 75.8 Å². The van der Waals surface area contributed by atoms with Crippen LogP contribution in [0, 0.1) is 13.8 Å². The first-order valence-electron chi connectivity index (χ1n) is 4.09. The van der Waals surface area contributed by atoms with Crippen LogP contribution in [0.2, 0.25) is 0 Å². The summed E-state index contributed by atoms with van der Waals surface area (Å²) in [4.78, 5) is 8.54. The number of aromatic nitrogens is 4. The molecule has 2 heterocycles. The number of anilines is 1. The Morgan fingerprint density at radius 2 is 2.08 bits per heavy atom. The number of fused-ring (bicyclic) bond motifs is 1. The Kier molecular flexibility index (Phi) is 1.65. The lowest BCUT2D eigenvalue weighted by Crippen LogP contribution is -1.98. The first kappa shape index (κ1) is 7.97. The van der Waals surface area contributed by atoms with E-state index in [9.17, 15) is 0 Å². The molecule has 2 aromatic rings. The van der Waals surface area contributed by atoms with Gasteiger partial charge >= 0.3 is 0 Å². The molecule has 0 aliphatic rings. The number of hydrogen-bond acceptors (Lipinski definition) is 4. The Morgan fingerprint density at radius 1 is 1.31 bits per heavy atom. The highest BCUT2D eigenvalue weighted by Crippen LogP contribution is 2.07. The minimum atomic E-state index is 0.621. The van der Waals surface area contributed by atoms with Crippen molar-refractivity contribution in [3.05, 3.63) is 17.6 Å². The molecule has 2 aromatic heterocycles. The zero-order valence-corrected chi connectivity index (χ0v) is 7.87. The van der Waals surface area contributed by atoms with Gasteiger partial charge in [-0.25, -0.2) is 4.98 Å². The minimum Gasteiger partial charge on any atom is -0.356 e. The average Bonchev–Trinajstić information content (AvgIpc) is 2.47. The quantitative estimate of drug-likeness (QED) is 0.699. The molecule has 13 heavy (non-hydrogen) atoms. The number of aryl methyl sites for hydroxylation is 2. The van der Waals surface area contributed by atoms with Crippen molar-refractivity contribution < 1.29 is 0 Å². The Hall–Kier alpha value is -1.65. The van der Waals surface area contributed by atoms with Gasteiger partial charge in [-0.15, -0.1) is 5.10 Å². The number of hydrogen-bond donors (Lipinski definition) is 1. The van der Waals surface area contributed by atoms with Crippen LogP contribution in [-0.4, -0.2) is 26.6 Å². The van der Waals surface area contributed by atoms with Crippen molar-refractivity contribution in [3.63, 3.8) is 0 Å². The molecule has 0 bridgehead atoms.